The minimum Gasteiger partial charge on any atom is -0.483 e. The highest BCUT2D eigenvalue weighted by molar-refractivity contribution is 5.73. The minimum absolute atomic E-state index is 0.0713. The van der Waals surface area contributed by atoms with Gasteiger partial charge >= 0.3 is 0 Å². The molecule has 172 valence electrons. The smallest absolute Gasteiger partial charge is 0.262 e. The Hall–Kier alpha value is -2.61. The average molecular weight is 440 g/mol. The molecule has 1 saturated carbocycles. The molecule has 1 saturated heterocycles. The molecule has 1 unspecified atom stereocenters. The number of hydrogen-bond acceptors (Lipinski definition) is 6. The van der Waals surface area contributed by atoms with E-state index in [1.807, 2.05) is 10.8 Å². The quantitative estimate of drug-likeness (QED) is 0.717. The fourth-order valence-electron chi connectivity index (χ4n) is 5.68. The number of allylic oxidation sites excluding steroid dienone is 2. The third kappa shape index (κ3) is 4.08. The summed E-state index contributed by atoms with van der Waals surface area (Å²) in [4.78, 5) is 21.0. The highest BCUT2D eigenvalue weighted by Crippen LogP contribution is 2.46. The van der Waals surface area contributed by atoms with Crippen LogP contribution in [0.5, 0.6) is 0 Å². The van der Waals surface area contributed by atoms with Crippen LogP contribution in [-0.4, -0.2) is 46.6 Å². The van der Waals surface area contributed by atoms with Gasteiger partial charge in [-0.1, -0.05) is 25.0 Å². The SMILES string of the molecule is CC[C@@H]1CC(CC2=CC=C(OC)NC2)C[C@H]1c1nc2c(cnn2C2CCOCC2)c(=O)[nH]1. The summed E-state index contributed by atoms with van der Waals surface area (Å²) in [6.07, 6.45) is 12.1. The van der Waals surface area contributed by atoms with Crippen LogP contribution < -0.4 is 10.9 Å². The molecule has 2 aliphatic heterocycles. The number of nitrogens with zero attached hydrogens (tertiary/aromatic N) is 3. The Balaban J connectivity index is 1.39. The summed E-state index contributed by atoms with van der Waals surface area (Å²) in [6.45, 7) is 4.55. The molecule has 3 atom stereocenters. The van der Waals surface area contributed by atoms with Gasteiger partial charge in [0.15, 0.2) is 11.5 Å². The number of H-pyrrole nitrogens is 1. The van der Waals surface area contributed by atoms with Gasteiger partial charge in [0.05, 0.1) is 19.3 Å². The van der Waals surface area contributed by atoms with Gasteiger partial charge in [0.2, 0.25) is 0 Å². The van der Waals surface area contributed by atoms with Crippen LogP contribution in [-0.2, 0) is 9.47 Å². The van der Waals surface area contributed by atoms with Gasteiger partial charge in [-0.15, -0.1) is 0 Å². The van der Waals surface area contributed by atoms with Crippen molar-refractivity contribution in [1.29, 1.82) is 0 Å². The molecule has 2 N–H and O–H groups in total. The first-order valence-corrected chi connectivity index (χ1v) is 11.9. The van der Waals surface area contributed by atoms with Crippen molar-refractivity contribution >= 4 is 11.0 Å². The second kappa shape index (κ2) is 9.10. The highest BCUT2D eigenvalue weighted by atomic mass is 16.5. The lowest BCUT2D eigenvalue weighted by atomic mass is 9.93. The second-order valence-electron chi connectivity index (χ2n) is 9.35. The van der Waals surface area contributed by atoms with Crippen LogP contribution in [0.1, 0.15) is 63.2 Å². The Labute approximate surface area is 188 Å². The van der Waals surface area contributed by atoms with Crippen molar-refractivity contribution in [2.24, 2.45) is 11.8 Å². The average Bonchev–Trinajstić information content (AvgIpc) is 3.44. The third-order valence-electron chi connectivity index (χ3n) is 7.42. The van der Waals surface area contributed by atoms with E-state index in [0.717, 1.165) is 69.2 Å². The number of hydrogen-bond donors (Lipinski definition) is 2. The van der Waals surface area contributed by atoms with Gasteiger partial charge in [0.25, 0.3) is 5.56 Å². The number of nitrogens with one attached hydrogen (secondary N) is 2. The van der Waals surface area contributed by atoms with Gasteiger partial charge in [0, 0.05) is 25.7 Å². The van der Waals surface area contributed by atoms with Crippen LogP contribution in [0.3, 0.4) is 0 Å². The third-order valence-corrected chi connectivity index (χ3v) is 7.42. The lowest BCUT2D eigenvalue weighted by Crippen LogP contribution is -2.22. The first-order valence-electron chi connectivity index (χ1n) is 11.9. The highest BCUT2D eigenvalue weighted by Gasteiger charge is 2.36. The predicted molar refractivity (Wildman–Crippen MR) is 122 cm³/mol. The summed E-state index contributed by atoms with van der Waals surface area (Å²) >= 11 is 0. The standard InChI is InChI=1S/C24H33N5O3/c1-3-17-11-16(10-15-4-5-21(31-2)25-13-15)12-19(17)22-27-23-20(24(30)28-22)14-26-29(23)18-6-8-32-9-7-18/h4-5,14,16-19,25H,3,6-13H2,1-2H3,(H,27,28,30)/t16?,17-,19-/m1/s1. The molecule has 0 amide bonds. The molecule has 1 aliphatic carbocycles. The monoisotopic (exact) mass is 439 g/mol. The first kappa shape index (κ1) is 21.2. The number of methoxy groups -OCH3 is 1. The number of dihydropyridines is 1. The second-order valence-corrected chi connectivity index (χ2v) is 9.35. The Morgan fingerprint density at radius 3 is 2.81 bits per heavy atom. The molecule has 8 nitrogen and oxygen atoms in total. The molecule has 0 radical (unpaired) electrons. The van der Waals surface area contributed by atoms with Crippen LogP contribution in [0.15, 0.2) is 34.6 Å². The van der Waals surface area contributed by atoms with Crippen LogP contribution in [0.25, 0.3) is 11.0 Å². The van der Waals surface area contributed by atoms with Crippen molar-refractivity contribution in [2.75, 3.05) is 26.9 Å². The van der Waals surface area contributed by atoms with Crippen molar-refractivity contribution in [3.63, 3.8) is 0 Å². The van der Waals surface area contributed by atoms with Gasteiger partial charge in [-0.05, 0) is 50.0 Å². The van der Waals surface area contributed by atoms with Crippen LogP contribution in [0.2, 0.25) is 0 Å². The summed E-state index contributed by atoms with van der Waals surface area (Å²) < 4.78 is 12.7. The molecular formula is C24H33N5O3. The molecule has 2 aromatic rings. The maximum atomic E-state index is 12.9. The van der Waals surface area contributed by atoms with Gasteiger partial charge in [0.1, 0.15) is 11.2 Å². The summed E-state index contributed by atoms with van der Waals surface area (Å²) in [5.41, 5.74) is 2.06. The first-order chi connectivity index (χ1) is 15.7. The molecule has 0 aromatic carbocycles. The maximum absolute atomic E-state index is 12.9. The maximum Gasteiger partial charge on any atom is 0.262 e. The molecule has 4 heterocycles. The van der Waals surface area contributed by atoms with E-state index in [1.54, 1.807) is 13.3 Å². The molecule has 5 rings (SSSR count). The van der Waals surface area contributed by atoms with E-state index in [9.17, 15) is 4.79 Å². The van der Waals surface area contributed by atoms with Crippen molar-refractivity contribution in [3.8, 4) is 0 Å². The van der Waals surface area contributed by atoms with Gasteiger partial charge in [-0.3, -0.25) is 4.79 Å². The minimum atomic E-state index is -0.0713. The Kier molecular flexibility index (Phi) is 6.04. The number of ether oxygens (including phenoxy) is 2. The summed E-state index contributed by atoms with van der Waals surface area (Å²) in [5.74, 6) is 3.06. The van der Waals surface area contributed by atoms with E-state index in [4.69, 9.17) is 14.5 Å². The largest absolute Gasteiger partial charge is 0.483 e. The molecule has 0 bridgehead atoms. The summed E-state index contributed by atoms with van der Waals surface area (Å²) in [6, 6.07) is 0.248. The number of aromatic amines is 1. The van der Waals surface area contributed by atoms with Crippen molar-refractivity contribution < 1.29 is 9.47 Å². The topological polar surface area (TPSA) is 94.1 Å². The fraction of sp³-hybridized carbons (Fsp3) is 0.625. The van der Waals surface area contributed by atoms with Gasteiger partial charge < -0.3 is 19.8 Å². The van der Waals surface area contributed by atoms with E-state index < -0.39 is 0 Å². The van der Waals surface area contributed by atoms with E-state index in [1.165, 1.54) is 12.0 Å². The lowest BCUT2D eigenvalue weighted by Gasteiger charge is -2.23. The molecule has 0 spiro atoms. The lowest BCUT2D eigenvalue weighted by molar-refractivity contribution is 0.0673. The van der Waals surface area contributed by atoms with Crippen LogP contribution >= 0.6 is 0 Å². The number of aromatic nitrogens is 4. The molecule has 8 heteroatoms. The van der Waals surface area contributed by atoms with Crippen molar-refractivity contribution in [3.05, 3.63) is 46.0 Å². The van der Waals surface area contributed by atoms with Gasteiger partial charge in [-0.2, -0.15) is 5.10 Å². The fourth-order valence-corrected chi connectivity index (χ4v) is 5.68. The van der Waals surface area contributed by atoms with E-state index in [0.29, 0.717) is 17.2 Å². The van der Waals surface area contributed by atoms with E-state index >= 15 is 0 Å². The van der Waals surface area contributed by atoms with Gasteiger partial charge in [-0.25, -0.2) is 9.67 Å². The van der Waals surface area contributed by atoms with E-state index in [-0.39, 0.29) is 17.5 Å². The van der Waals surface area contributed by atoms with Crippen molar-refractivity contribution in [1.82, 2.24) is 25.1 Å². The molecular weight excluding hydrogens is 406 g/mol. The predicted octanol–water partition coefficient (Wildman–Crippen LogP) is 3.40. The van der Waals surface area contributed by atoms with Crippen LogP contribution in [0, 0.1) is 11.8 Å². The zero-order chi connectivity index (χ0) is 22.1. The van der Waals surface area contributed by atoms with Crippen LogP contribution in [0.4, 0.5) is 0 Å². The number of rotatable bonds is 6. The molecule has 2 fully saturated rings. The van der Waals surface area contributed by atoms with Crippen molar-refractivity contribution in [2.45, 2.75) is 57.4 Å². The molecule has 2 aromatic heterocycles. The zero-order valence-corrected chi connectivity index (χ0v) is 19.0. The molecule has 32 heavy (non-hydrogen) atoms. The number of fused-ring (bicyclic) bond motifs is 1. The summed E-state index contributed by atoms with van der Waals surface area (Å²) in [5, 5.41) is 8.44. The Morgan fingerprint density at radius 1 is 1.25 bits per heavy atom. The normalized spacial score (nSPS) is 26.6. The Bertz CT molecular complexity index is 1080. The molecule has 3 aliphatic rings. The van der Waals surface area contributed by atoms with E-state index in [2.05, 4.69) is 28.4 Å². The zero-order valence-electron chi connectivity index (χ0n) is 19.0. The summed E-state index contributed by atoms with van der Waals surface area (Å²) in [7, 11) is 1.68. The Morgan fingerprint density at radius 2 is 2.09 bits per heavy atom.